The number of carboxylic acids is 1. The molecule has 0 radical (unpaired) electrons. The second-order valence-corrected chi connectivity index (χ2v) is 4.31. The summed E-state index contributed by atoms with van der Waals surface area (Å²) >= 11 is 3.12. The van der Waals surface area contributed by atoms with Gasteiger partial charge in [0, 0.05) is 4.47 Å². The molecule has 1 aromatic carbocycles. The SMILES string of the molecule is CCOC(=O)C(C)Oc1ccc(Br)c(C(=O)O)c1. The summed E-state index contributed by atoms with van der Waals surface area (Å²) in [7, 11) is 0. The van der Waals surface area contributed by atoms with Gasteiger partial charge < -0.3 is 14.6 Å². The zero-order chi connectivity index (χ0) is 13.7. The van der Waals surface area contributed by atoms with E-state index in [1.54, 1.807) is 26.0 Å². The molecule has 0 fully saturated rings. The predicted octanol–water partition coefficient (Wildman–Crippen LogP) is 2.48. The van der Waals surface area contributed by atoms with E-state index in [4.69, 9.17) is 14.6 Å². The van der Waals surface area contributed by atoms with Crippen molar-refractivity contribution in [1.82, 2.24) is 0 Å². The third kappa shape index (κ3) is 3.73. The van der Waals surface area contributed by atoms with E-state index in [2.05, 4.69) is 15.9 Å². The first kappa shape index (κ1) is 14.5. The minimum Gasteiger partial charge on any atom is -0.479 e. The molecule has 0 aliphatic heterocycles. The van der Waals surface area contributed by atoms with Crippen LogP contribution in [0.4, 0.5) is 0 Å². The molecule has 1 unspecified atom stereocenters. The third-order valence-corrected chi connectivity index (χ3v) is 2.79. The second kappa shape index (κ2) is 6.39. The van der Waals surface area contributed by atoms with Gasteiger partial charge in [-0.3, -0.25) is 0 Å². The highest BCUT2D eigenvalue weighted by Gasteiger charge is 2.17. The molecule has 1 rings (SSSR count). The van der Waals surface area contributed by atoms with Crippen LogP contribution in [0.15, 0.2) is 22.7 Å². The van der Waals surface area contributed by atoms with Gasteiger partial charge in [-0.05, 0) is 48.0 Å². The molecule has 0 saturated heterocycles. The van der Waals surface area contributed by atoms with Crippen molar-refractivity contribution in [1.29, 1.82) is 0 Å². The molecule has 0 spiro atoms. The molecule has 5 nitrogen and oxygen atoms in total. The van der Waals surface area contributed by atoms with Crippen LogP contribution in [0.1, 0.15) is 24.2 Å². The van der Waals surface area contributed by atoms with Crippen LogP contribution < -0.4 is 4.74 Å². The third-order valence-electron chi connectivity index (χ3n) is 2.10. The Morgan fingerprint density at radius 2 is 2.11 bits per heavy atom. The van der Waals surface area contributed by atoms with Gasteiger partial charge in [-0.1, -0.05) is 0 Å². The van der Waals surface area contributed by atoms with Gasteiger partial charge in [-0.25, -0.2) is 9.59 Å². The zero-order valence-electron chi connectivity index (χ0n) is 9.97. The number of hydrogen-bond acceptors (Lipinski definition) is 4. The van der Waals surface area contributed by atoms with Crippen molar-refractivity contribution in [3.8, 4) is 5.75 Å². The van der Waals surface area contributed by atoms with Gasteiger partial charge in [-0.15, -0.1) is 0 Å². The molecule has 6 heteroatoms. The number of benzene rings is 1. The lowest BCUT2D eigenvalue weighted by Crippen LogP contribution is -2.26. The molecule has 18 heavy (non-hydrogen) atoms. The summed E-state index contributed by atoms with van der Waals surface area (Å²) in [5.74, 6) is -1.26. The first-order valence-corrected chi connectivity index (χ1v) is 6.11. The quantitative estimate of drug-likeness (QED) is 0.845. The number of carbonyl (C=O) groups is 2. The van der Waals surface area contributed by atoms with Crippen LogP contribution in [0.3, 0.4) is 0 Å². The summed E-state index contributed by atoms with van der Waals surface area (Å²) in [6, 6.07) is 4.48. The minimum atomic E-state index is -1.07. The number of carbonyl (C=O) groups excluding carboxylic acids is 1. The summed E-state index contributed by atoms with van der Waals surface area (Å²) in [6.45, 7) is 3.51. The Morgan fingerprint density at radius 1 is 1.44 bits per heavy atom. The Bertz CT molecular complexity index is 458. The molecular weight excluding hydrogens is 304 g/mol. The molecule has 1 atom stereocenters. The van der Waals surface area contributed by atoms with Gasteiger partial charge in [0.2, 0.25) is 0 Å². The van der Waals surface area contributed by atoms with Crippen LogP contribution in [0.25, 0.3) is 0 Å². The highest BCUT2D eigenvalue weighted by atomic mass is 79.9. The number of halogens is 1. The van der Waals surface area contributed by atoms with E-state index < -0.39 is 18.0 Å². The monoisotopic (exact) mass is 316 g/mol. The number of ether oxygens (including phenoxy) is 2. The van der Waals surface area contributed by atoms with Crippen LogP contribution in [-0.4, -0.2) is 29.8 Å². The van der Waals surface area contributed by atoms with E-state index in [9.17, 15) is 9.59 Å². The van der Waals surface area contributed by atoms with E-state index in [0.29, 0.717) is 10.2 Å². The summed E-state index contributed by atoms with van der Waals surface area (Å²) in [6.07, 6.45) is -0.784. The fourth-order valence-corrected chi connectivity index (χ4v) is 1.67. The molecule has 1 aromatic rings. The summed E-state index contributed by atoms with van der Waals surface area (Å²) in [5.41, 5.74) is 0.0727. The van der Waals surface area contributed by atoms with Gasteiger partial charge >= 0.3 is 11.9 Å². The summed E-state index contributed by atoms with van der Waals surface area (Å²) < 4.78 is 10.6. The van der Waals surface area contributed by atoms with Crippen LogP contribution in [0, 0.1) is 0 Å². The summed E-state index contributed by atoms with van der Waals surface area (Å²) in [4.78, 5) is 22.3. The van der Waals surface area contributed by atoms with E-state index >= 15 is 0 Å². The lowest BCUT2D eigenvalue weighted by atomic mass is 10.2. The zero-order valence-corrected chi connectivity index (χ0v) is 11.6. The smallest absolute Gasteiger partial charge is 0.347 e. The maximum Gasteiger partial charge on any atom is 0.347 e. The predicted molar refractivity (Wildman–Crippen MR) is 67.8 cm³/mol. The number of aromatic carboxylic acids is 1. The fourth-order valence-electron chi connectivity index (χ4n) is 1.25. The normalized spacial score (nSPS) is 11.7. The van der Waals surface area contributed by atoms with Crippen molar-refractivity contribution in [2.45, 2.75) is 20.0 Å². The van der Waals surface area contributed by atoms with Crippen LogP contribution >= 0.6 is 15.9 Å². The second-order valence-electron chi connectivity index (χ2n) is 3.46. The molecule has 0 saturated carbocycles. The summed E-state index contributed by atoms with van der Waals surface area (Å²) in [5, 5.41) is 8.94. The van der Waals surface area contributed by atoms with Gasteiger partial charge in [0.05, 0.1) is 12.2 Å². The average molecular weight is 317 g/mol. The molecule has 0 aliphatic rings. The van der Waals surface area contributed by atoms with Gasteiger partial charge in [0.25, 0.3) is 0 Å². The average Bonchev–Trinajstić information content (AvgIpc) is 2.31. The standard InChI is InChI=1S/C12H13BrO5/c1-3-17-12(16)7(2)18-8-4-5-10(13)9(6-8)11(14)15/h4-7H,3H2,1-2H3,(H,14,15). The van der Waals surface area contributed by atoms with Crippen LogP contribution in [0.2, 0.25) is 0 Å². The van der Waals surface area contributed by atoms with Crippen LogP contribution in [-0.2, 0) is 9.53 Å². The number of carboxylic acid groups (broad SMARTS) is 1. The van der Waals surface area contributed by atoms with E-state index in [1.807, 2.05) is 0 Å². The molecule has 0 aliphatic carbocycles. The van der Waals surface area contributed by atoms with Gasteiger partial charge in [0.15, 0.2) is 6.10 Å². The minimum absolute atomic E-state index is 0.0727. The molecule has 1 N–H and O–H groups in total. The largest absolute Gasteiger partial charge is 0.479 e. The molecular formula is C12H13BrO5. The molecule has 0 amide bonds. The fraction of sp³-hybridized carbons (Fsp3) is 0.333. The van der Waals surface area contributed by atoms with Crippen molar-refractivity contribution in [3.05, 3.63) is 28.2 Å². The Morgan fingerprint density at radius 3 is 2.67 bits per heavy atom. The van der Waals surface area contributed by atoms with Crippen molar-refractivity contribution in [2.75, 3.05) is 6.61 Å². The van der Waals surface area contributed by atoms with Crippen molar-refractivity contribution in [3.63, 3.8) is 0 Å². The van der Waals surface area contributed by atoms with E-state index in [-0.39, 0.29) is 12.2 Å². The lowest BCUT2D eigenvalue weighted by molar-refractivity contribution is -0.150. The maximum absolute atomic E-state index is 11.4. The van der Waals surface area contributed by atoms with E-state index in [1.165, 1.54) is 6.07 Å². The molecule has 0 heterocycles. The Labute approximate surface area is 113 Å². The Balaban J connectivity index is 2.82. The molecule has 0 aromatic heterocycles. The maximum atomic E-state index is 11.4. The Hall–Kier alpha value is -1.56. The van der Waals surface area contributed by atoms with Crippen molar-refractivity contribution in [2.24, 2.45) is 0 Å². The highest BCUT2D eigenvalue weighted by Crippen LogP contribution is 2.23. The van der Waals surface area contributed by atoms with Gasteiger partial charge in [-0.2, -0.15) is 0 Å². The number of esters is 1. The lowest BCUT2D eigenvalue weighted by Gasteiger charge is -2.13. The number of hydrogen-bond donors (Lipinski definition) is 1. The first-order valence-electron chi connectivity index (χ1n) is 5.31. The highest BCUT2D eigenvalue weighted by molar-refractivity contribution is 9.10. The van der Waals surface area contributed by atoms with Crippen molar-refractivity contribution < 1.29 is 24.2 Å². The van der Waals surface area contributed by atoms with E-state index in [0.717, 1.165) is 0 Å². The number of rotatable bonds is 5. The topological polar surface area (TPSA) is 72.8 Å². The van der Waals surface area contributed by atoms with Crippen molar-refractivity contribution >= 4 is 27.9 Å². The Kier molecular flexibility index (Phi) is 5.15. The van der Waals surface area contributed by atoms with Crippen LogP contribution in [0.5, 0.6) is 5.75 Å². The molecule has 98 valence electrons. The first-order chi connectivity index (χ1) is 8.45. The van der Waals surface area contributed by atoms with Gasteiger partial charge in [0.1, 0.15) is 5.75 Å². The molecule has 0 bridgehead atoms.